The fourth-order valence-corrected chi connectivity index (χ4v) is 2.91. The minimum Gasteiger partial charge on any atom is -0.455 e. The van der Waals surface area contributed by atoms with Crippen molar-refractivity contribution in [2.24, 2.45) is 0 Å². The van der Waals surface area contributed by atoms with E-state index in [1.807, 2.05) is 25.1 Å². The lowest BCUT2D eigenvalue weighted by molar-refractivity contribution is 0.0990. The Balaban J connectivity index is 1.96. The number of halogens is 2. The fourth-order valence-electron chi connectivity index (χ4n) is 2.59. The van der Waals surface area contributed by atoms with Crippen molar-refractivity contribution >= 4 is 40.6 Å². The Morgan fingerprint density at radius 2 is 1.82 bits per heavy atom. The Kier molecular flexibility index (Phi) is 6.02. The Bertz CT molecular complexity index is 1010. The highest BCUT2D eigenvalue weighted by Crippen LogP contribution is 2.34. The fraction of sp³-hybridized carbons (Fsp3) is 0.150. The van der Waals surface area contributed by atoms with E-state index in [1.54, 1.807) is 49.8 Å². The van der Waals surface area contributed by atoms with Crippen LogP contribution < -0.4 is 14.5 Å². The molecule has 3 aromatic rings. The van der Waals surface area contributed by atoms with Gasteiger partial charge in [0.05, 0.1) is 10.7 Å². The van der Waals surface area contributed by atoms with E-state index in [0.717, 1.165) is 0 Å². The SMILES string of the molecule is CN(C)c1ncccc1N(C)C(=O)c1cnccc1Oc1cc(Cl)ccc1Cl. The maximum absolute atomic E-state index is 13.2. The highest BCUT2D eigenvalue weighted by Gasteiger charge is 2.22. The summed E-state index contributed by atoms with van der Waals surface area (Å²) in [4.78, 5) is 24.9. The third-order valence-electron chi connectivity index (χ3n) is 3.98. The molecule has 0 N–H and O–H groups in total. The number of aromatic nitrogens is 2. The van der Waals surface area contributed by atoms with Crippen molar-refractivity contribution < 1.29 is 9.53 Å². The molecule has 0 aliphatic heterocycles. The summed E-state index contributed by atoms with van der Waals surface area (Å²) in [6.07, 6.45) is 4.68. The van der Waals surface area contributed by atoms with Gasteiger partial charge in [-0.1, -0.05) is 23.2 Å². The first kappa shape index (κ1) is 19.9. The van der Waals surface area contributed by atoms with Crippen LogP contribution in [0.5, 0.6) is 11.5 Å². The normalized spacial score (nSPS) is 10.5. The van der Waals surface area contributed by atoms with Crippen LogP contribution in [0.4, 0.5) is 11.5 Å². The number of hydrogen-bond acceptors (Lipinski definition) is 5. The van der Waals surface area contributed by atoms with Crippen LogP contribution in [-0.4, -0.2) is 37.0 Å². The number of nitrogens with zero attached hydrogens (tertiary/aromatic N) is 4. The summed E-state index contributed by atoms with van der Waals surface area (Å²) in [6, 6.07) is 10.1. The van der Waals surface area contributed by atoms with Gasteiger partial charge < -0.3 is 14.5 Å². The molecule has 0 bridgehead atoms. The zero-order valence-electron chi connectivity index (χ0n) is 15.6. The van der Waals surface area contributed by atoms with Crippen LogP contribution in [-0.2, 0) is 0 Å². The predicted octanol–water partition coefficient (Wildman–Crippen LogP) is 4.92. The number of amides is 1. The standard InChI is InChI=1S/C20H18Cl2N4O2/c1-25(2)19-16(5-4-9-24-19)26(3)20(27)14-12-23-10-8-17(14)28-18-11-13(21)6-7-15(18)22/h4-12H,1-3H3. The van der Waals surface area contributed by atoms with Crippen LogP contribution in [0, 0.1) is 0 Å². The van der Waals surface area contributed by atoms with E-state index in [4.69, 9.17) is 27.9 Å². The first-order valence-electron chi connectivity index (χ1n) is 8.36. The van der Waals surface area contributed by atoms with Crippen LogP contribution in [0.1, 0.15) is 10.4 Å². The smallest absolute Gasteiger partial charge is 0.263 e. The molecule has 0 atom stereocenters. The van der Waals surface area contributed by atoms with E-state index in [-0.39, 0.29) is 11.5 Å². The molecule has 0 spiro atoms. The molecule has 0 aliphatic carbocycles. The number of pyridine rings is 2. The summed E-state index contributed by atoms with van der Waals surface area (Å²) >= 11 is 12.2. The summed E-state index contributed by atoms with van der Waals surface area (Å²) in [6.45, 7) is 0. The van der Waals surface area contributed by atoms with E-state index >= 15 is 0 Å². The topological polar surface area (TPSA) is 58.6 Å². The lowest BCUT2D eigenvalue weighted by Crippen LogP contribution is -2.29. The Morgan fingerprint density at radius 1 is 1.04 bits per heavy atom. The number of carbonyl (C=O) groups is 1. The minimum atomic E-state index is -0.294. The number of carbonyl (C=O) groups excluding carboxylic acids is 1. The van der Waals surface area contributed by atoms with Gasteiger partial charge in [-0.15, -0.1) is 0 Å². The molecule has 1 aromatic carbocycles. The molecule has 0 aliphatic rings. The van der Waals surface area contributed by atoms with Gasteiger partial charge in [-0.2, -0.15) is 0 Å². The predicted molar refractivity (Wildman–Crippen MR) is 112 cm³/mol. The van der Waals surface area contributed by atoms with Crippen LogP contribution in [0.15, 0.2) is 55.0 Å². The van der Waals surface area contributed by atoms with Crippen molar-refractivity contribution in [3.63, 3.8) is 0 Å². The van der Waals surface area contributed by atoms with Crippen LogP contribution in [0.2, 0.25) is 10.0 Å². The largest absolute Gasteiger partial charge is 0.455 e. The molecule has 28 heavy (non-hydrogen) atoms. The Morgan fingerprint density at radius 3 is 2.57 bits per heavy atom. The zero-order valence-corrected chi connectivity index (χ0v) is 17.1. The van der Waals surface area contributed by atoms with Gasteiger partial charge in [-0.05, 0) is 30.3 Å². The summed E-state index contributed by atoms with van der Waals surface area (Å²) in [5.41, 5.74) is 0.947. The molecule has 0 saturated carbocycles. The molecule has 1 amide bonds. The van der Waals surface area contributed by atoms with Crippen molar-refractivity contribution in [3.05, 3.63) is 70.6 Å². The molecule has 3 rings (SSSR count). The zero-order chi connectivity index (χ0) is 20.3. The number of ether oxygens (including phenoxy) is 1. The second-order valence-electron chi connectivity index (χ2n) is 6.15. The van der Waals surface area contributed by atoms with Gasteiger partial charge in [0, 0.05) is 50.8 Å². The van der Waals surface area contributed by atoms with Crippen LogP contribution in [0.25, 0.3) is 0 Å². The molecular formula is C20H18Cl2N4O2. The number of rotatable bonds is 5. The van der Waals surface area contributed by atoms with Gasteiger partial charge in [0.2, 0.25) is 0 Å². The van der Waals surface area contributed by atoms with E-state index < -0.39 is 0 Å². The highest BCUT2D eigenvalue weighted by molar-refractivity contribution is 6.34. The lowest BCUT2D eigenvalue weighted by Gasteiger charge is -2.23. The van der Waals surface area contributed by atoms with E-state index in [1.165, 1.54) is 11.1 Å². The number of benzene rings is 1. The summed E-state index contributed by atoms with van der Waals surface area (Å²) in [5.74, 6) is 1.05. The highest BCUT2D eigenvalue weighted by atomic mass is 35.5. The summed E-state index contributed by atoms with van der Waals surface area (Å²) < 4.78 is 5.88. The molecule has 6 nitrogen and oxygen atoms in total. The second kappa shape index (κ2) is 8.46. The minimum absolute atomic E-state index is 0.287. The van der Waals surface area contributed by atoms with Gasteiger partial charge in [-0.25, -0.2) is 4.98 Å². The molecule has 0 fully saturated rings. The number of hydrogen-bond donors (Lipinski definition) is 0. The van der Waals surface area contributed by atoms with Crippen molar-refractivity contribution in [1.29, 1.82) is 0 Å². The maximum atomic E-state index is 13.2. The summed E-state index contributed by atoms with van der Waals surface area (Å²) in [7, 11) is 5.41. The molecule has 0 saturated heterocycles. The molecule has 0 radical (unpaired) electrons. The first-order valence-corrected chi connectivity index (χ1v) is 9.11. The van der Waals surface area contributed by atoms with Crippen molar-refractivity contribution in [3.8, 4) is 11.5 Å². The quantitative estimate of drug-likeness (QED) is 0.590. The molecule has 8 heteroatoms. The average molecular weight is 417 g/mol. The van der Waals surface area contributed by atoms with Gasteiger partial charge >= 0.3 is 0 Å². The average Bonchev–Trinajstić information content (AvgIpc) is 2.70. The lowest BCUT2D eigenvalue weighted by atomic mass is 10.2. The Labute approximate surface area is 173 Å². The molecule has 2 aromatic heterocycles. The van der Waals surface area contributed by atoms with Crippen molar-refractivity contribution in [2.45, 2.75) is 0 Å². The van der Waals surface area contributed by atoms with Crippen molar-refractivity contribution in [1.82, 2.24) is 9.97 Å². The molecule has 144 valence electrons. The van der Waals surface area contributed by atoms with Gasteiger partial charge in [0.25, 0.3) is 5.91 Å². The van der Waals surface area contributed by atoms with Crippen LogP contribution in [0.3, 0.4) is 0 Å². The maximum Gasteiger partial charge on any atom is 0.263 e. The van der Waals surface area contributed by atoms with Gasteiger partial charge in [-0.3, -0.25) is 9.78 Å². The number of anilines is 2. The van der Waals surface area contributed by atoms with Gasteiger partial charge in [0.15, 0.2) is 5.82 Å². The second-order valence-corrected chi connectivity index (χ2v) is 7.00. The van der Waals surface area contributed by atoms with E-state index in [9.17, 15) is 4.79 Å². The third-order valence-corrected chi connectivity index (χ3v) is 4.53. The third kappa shape index (κ3) is 4.18. The van der Waals surface area contributed by atoms with Gasteiger partial charge in [0.1, 0.15) is 17.1 Å². The molecule has 0 unspecified atom stereocenters. The monoisotopic (exact) mass is 416 g/mol. The van der Waals surface area contributed by atoms with E-state index in [0.29, 0.717) is 33.0 Å². The first-order chi connectivity index (χ1) is 13.4. The summed E-state index contributed by atoms with van der Waals surface area (Å²) in [5, 5.41) is 0.861. The van der Waals surface area contributed by atoms with E-state index in [2.05, 4.69) is 9.97 Å². The Hall–Kier alpha value is -2.83. The molecular weight excluding hydrogens is 399 g/mol. The molecule has 2 heterocycles. The van der Waals surface area contributed by atoms with Crippen LogP contribution >= 0.6 is 23.2 Å². The van der Waals surface area contributed by atoms with Crippen molar-refractivity contribution in [2.75, 3.05) is 30.9 Å².